The number of hydrogen-bond donors (Lipinski definition) is 1. The van der Waals surface area contributed by atoms with Gasteiger partial charge in [-0.1, -0.05) is 17.6 Å². The van der Waals surface area contributed by atoms with E-state index in [9.17, 15) is 23.5 Å². The molecule has 2 atom stereocenters. The molecule has 9 nitrogen and oxygen atoms in total. The van der Waals surface area contributed by atoms with Crippen molar-refractivity contribution in [2.45, 2.75) is 107 Å². The highest BCUT2D eigenvalue weighted by atomic mass is 32.1. The number of amides is 2. The molecule has 0 radical (unpaired) electrons. The van der Waals surface area contributed by atoms with Gasteiger partial charge in [0.15, 0.2) is 5.82 Å². The Morgan fingerprint density at radius 1 is 1.17 bits per heavy atom. The molecule has 2 aliphatic heterocycles. The maximum Gasteiger partial charge on any atom is 0.410 e. The van der Waals surface area contributed by atoms with Gasteiger partial charge in [-0.25, -0.2) is 13.6 Å². The number of likely N-dealkylation sites (tertiary alicyclic amines) is 2. The maximum absolute atomic E-state index is 14.0. The number of thiophene rings is 1. The van der Waals surface area contributed by atoms with Gasteiger partial charge in [0.2, 0.25) is 17.7 Å². The predicted molar refractivity (Wildman–Crippen MR) is 146 cm³/mol. The Hall–Kier alpha value is -2.60. The number of piperidine rings is 2. The van der Waals surface area contributed by atoms with Gasteiger partial charge in [-0.05, 0) is 57.9 Å². The first-order chi connectivity index (χ1) is 19.3. The summed E-state index contributed by atoms with van der Waals surface area (Å²) < 4.78 is 38.1. The molecule has 12 heteroatoms. The second kappa shape index (κ2) is 10.00. The van der Waals surface area contributed by atoms with Crippen LogP contribution in [0.25, 0.3) is 0 Å². The van der Waals surface area contributed by atoms with Crippen LogP contribution in [0, 0.1) is 5.41 Å². The monoisotopic (exact) mass is 592 g/mol. The van der Waals surface area contributed by atoms with Crippen molar-refractivity contribution in [2.24, 2.45) is 5.41 Å². The minimum atomic E-state index is -2.69. The molecule has 2 aromatic heterocycles. The summed E-state index contributed by atoms with van der Waals surface area (Å²) in [5, 5.41) is 17.3. The van der Waals surface area contributed by atoms with Crippen molar-refractivity contribution in [3.05, 3.63) is 34.1 Å². The standard InChI is InChI=1S/C29H38F2N4O5S/c1-26(2,3)39-25(38)35-17-27(7-5-8-27)20(36)14-19(35)23(37)34-11-9-28(10-12-34,21-6-4-13-41-21)24-32-22(40-33-24)18-15-29(30,31)16-18/h4,6,13,18-20,36H,5,7-12,14-17H2,1-3H3/t19-,20+/m0/s1. The summed E-state index contributed by atoms with van der Waals surface area (Å²) in [4.78, 5) is 36.2. The molecule has 2 amide bonds. The molecule has 0 aromatic carbocycles. The lowest BCUT2D eigenvalue weighted by Crippen LogP contribution is -2.65. The summed E-state index contributed by atoms with van der Waals surface area (Å²) >= 11 is 1.57. The Morgan fingerprint density at radius 3 is 2.44 bits per heavy atom. The summed E-state index contributed by atoms with van der Waals surface area (Å²) in [6, 6.07) is 3.15. The molecule has 0 unspecified atom stereocenters. The molecule has 6 rings (SSSR count). The van der Waals surface area contributed by atoms with Crippen LogP contribution in [0.3, 0.4) is 0 Å². The van der Waals surface area contributed by atoms with E-state index in [1.807, 2.05) is 17.5 Å². The quantitative estimate of drug-likeness (QED) is 0.527. The Kier molecular flexibility index (Phi) is 6.95. The molecule has 2 saturated carbocycles. The Balaban J connectivity index is 1.21. The van der Waals surface area contributed by atoms with Gasteiger partial charge < -0.3 is 19.3 Å². The van der Waals surface area contributed by atoms with E-state index in [-0.39, 0.29) is 36.5 Å². The van der Waals surface area contributed by atoms with Gasteiger partial charge in [0.25, 0.3) is 0 Å². The number of nitrogens with zero attached hydrogens (tertiary/aromatic N) is 4. The summed E-state index contributed by atoms with van der Waals surface area (Å²) in [5.74, 6) is -2.62. The molecule has 4 aliphatic rings. The van der Waals surface area contributed by atoms with Crippen molar-refractivity contribution in [1.82, 2.24) is 19.9 Å². The van der Waals surface area contributed by atoms with Crippen LogP contribution in [0.2, 0.25) is 0 Å². The molecule has 4 heterocycles. The Bertz CT molecular complexity index is 1270. The molecule has 2 aromatic rings. The Morgan fingerprint density at radius 2 is 1.88 bits per heavy atom. The van der Waals surface area contributed by atoms with E-state index in [1.165, 1.54) is 0 Å². The molecule has 1 N–H and O–H groups in total. The fraction of sp³-hybridized carbons (Fsp3) is 0.724. The molecule has 4 fully saturated rings. The van der Waals surface area contributed by atoms with E-state index in [2.05, 4.69) is 10.1 Å². The van der Waals surface area contributed by atoms with Crippen molar-refractivity contribution in [1.29, 1.82) is 0 Å². The normalized spacial score (nSPS) is 27.3. The second-order valence-electron chi connectivity index (χ2n) is 13.4. The number of aliphatic hydroxyl groups is 1. The van der Waals surface area contributed by atoms with Crippen molar-refractivity contribution in [3.8, 4) is 0 Å². The average molecular weight is 593 g/mol. The van der Waals surface area contributed by atoms with Gasteiger partial charge in [-0.3, -0.25) is 9.69 Å². The van der Waals surface area contributed by atoms with Crippen LogP contribution < -0.4 is 0 Å². The minimum Gasteiger partial charge on any atom is -0.444 e. The fourth-order valence-corrected chi connectivity index (χ4v) is 7.88. The number of halogens is 2. The number of aliphatic hydroxyl groups excluding tert-OH is 1. The number of aromatic nitrogens is 2. The number of carbonyl (C=O) groups excluding carboxylic acids is 2. The van der Waals surface area contributed by atoms with Gasteiger partial charge in [-0.2, -0.15) is 4.98 Å². The fourth-order valence-electron chi connectivity index (χ4n) is 6.89. The summed E-state index contributed by atoms with van der Waals surface area (Å²) in [7, 11) is 0. The third-order valence-corrected chi connectivity index (χ3v) is 10.6. The van der Waals surface area contributed by atoms with Crippen molar-refractivity contribution < 1.29 is 32.7 Å². The number of hydrogen-bond acceptors (Lipinski definition) is 8. The first-order valence-corrected chi connectivity index (χ1v) is 15.4. The third kappa shape index (κ3) is 5.15. The van der Waals surface area contributed by atoms with Gasteiger partial charge >= 0.3 is 6.09 Å². The number of ether oxygens (including phenoxy) is 1. The van der Waals surface area contributed by atoms with Crippen molar-refractivity contribution in [3.63, 3.8) is 0 Å². The van der Waals surface area contributed by atoms with E-state index in [0.29, 0.717) is 38.3 Å². The first kappa shape index (κ1) is 28.5. The van der Waals surface area contributed by atoms with Crippen LogP contribution in [-0.4, -0.2) is 80.4 Å². The minimum absolute atomic E-state index is 0.185. The highest BCUT2D eigenvalue weighted by Crippen LogP contribution is 2.51. The average Bonchev–Trinajstić information content (AvgIpc) is 3.58. The lowest BCUT2D eigenvalue weighted by molar-refractivity contribution is -0.153. The summed E-state index contributed by atoms with van der Waals surface area (Å²) in [5.41, 5.74) is -1.69. The predicted octanol–water partition coefficient (Wildman–Crippen LogP) is 5.09. The third-order valence-electron chi connectivity index (χ3n) is 9.51. The highest BCUT2D eigenvalue weighted by Gasteiger charge is 2.55. The molecule has 0 bridgehead atoms. The van der Waals surface area contributed by atoms with E-state index in [1.54, 1.807) is 41.9 Å². The van der Waals surface area contributed by atoms with Crippen LogP contribution in [0.4, 0.5) is 13.6 Å². The van der Waals surface area contributed by atoms with Gasteiger partial charge in [0.1, 0.15) is 11.6 Å². The van der Waals surface area contributed by atoms with Gasteiger partial charge in [0.05, 0.1) is 11.5 Å². The zero-order valence-corrected chi connectivity index (χ0v) is 24.6. The highest BCUT2D eigenvalue weighted by molar-refractivity contribution is 7.10. The van der Waals surface area contributed by atoms with Crippen LogP contribution in [0.1, 0.15) is 94.6 Å². The Labute approximate surface area is 242 Å². The van der Waals surface area contributed by atoms with Crippen LogP contribution in [-0.2, 0) is 14.9 Å². The van der Waals surface area contributed by atoms with Gasteiger partial charge in [0, 0.05) is 55.1 Å². The molecule has 1 spiro atoms. The maximum atomic E-state index is 14.0. The summed E-state index contributed by atoms with van der Waals surface area (Å²) in [6.45, 7) is 6.49. The molecular formula is C29H38F2N4O5S. The smallest absolute Gasteiger partial charge is 0.410 e. The van der Waals surface area contributed by atoms with Crippen LogP contribution in [0.5, 0.6) is 0 Å². The second-order valence-corrected chi connectivity index (χ2v) is 14.3. The van der Waals surface area contributed by atoms with Crippen molar-refractivity contribution >= 4 is 23.3 Å². The van der Waals surface area contributed by atoms with E-state index < -0.39 is 41.1 Å². The van der Waals surface area contributed by atoms with E-state index in [0.717, 1.165) is 24.1 Å². The summed E-state index contributed by atoms with van der Waals surface area (Å²) in [6.07, 6.45) is 2.11. The number of carbonyl (C=O) groups is 2. The topological polar surface area (TPSA) is 109 Å². The molecule has 41 heavy (non-hydrogen) atoms. The van der Waals surface area contributed by atoms with Crippen LogP contribution >= 0.6 is 11.3 Å². The van der Waals surface area contributed by atoms with E-state index in [4.69, 9.17) is 9.26 Å². The largest absolute Gasteiger partial charge is 0.444 e. The number of rotatable bonds is 4. The molecule has 2 saturated heterocycles. The number of alkyl halides is 2. The van der Waals surface area contributed by atoms with E-state index >= 15 is 0 Å². The molecule has 224 valence electrons. The SMILES string of the molecule is CC(C)(C)OC(=O)N1CC2(CCC2)[C@H](O)C[C@H]1C(=O)N1CCC(c2noc(C3CC(F)(F)C3)n2)(c2cccs2)CC1. The zero-order chi connectivity index (χ0) is 29.2. The molecule has 2 aliphatic carbocycles. The molecular weight excluding hydrogens is 554 g/mol. The van der Waals surface area contributed by atoms with Gasteiger partial charge in [-0.15, -0.1) is 11.3 Å². The van der Waals surface area contributed by atoms with Crippen molar-refractivity contribution in [2.75, 3.05) is 19.6 Å². The lowest BCUT2D eigenvalue weighted by Gasteiger charge is -2.54. The lowest BCUT2D eigenvalue weighted by atomic mass is 9.61. The van der Waals surface area contributed by atoms with Crippen LogP contribution in [0.15, 0.2) is 22.0 Å². The zero-order valence-electron chi connectivity index (χ0n) is 23.8. The first-order valence-electron chi connectivity index (χ1n) is 14.5.